The number of rotatable bonds is 4. The van der Waals surface area contributed by atoms with Gasteiger partial charge in [0.15, 0.2) is 0 Å². The van der Waals surface area contributed by atoms with Gasteiger partial charge in [-0.1, -0.05) is 24.4 Å². The van der Waals surface area contributed by atoms with E-state index in [0.717, 1.165) is 30.3 Å². The zero-order chi connectivity index (χ0) is 14.9. The number of H-pyrrole nitrogens is 1. The van der Waals surface area contributed by atoms with Crippen molar-refractivity contribution in [3.8, 4) is 0 Å². The molecule has 2 unspecified atom stereocenters. The quantitative estimate of drug-likeness (QED) is 0.860. The number of halogens is 1. The molecule has 1 fully saturated rings. The minimum atomic E-state index is -1.07. The van der Waals surface area contributed by atoms with Gasteiger partial charge in [0.25, 0.3) is 5.56 Å². The maximum atomic E-state index is 12.6. The number of hydrogen-bond acceptors (Lipinski definition) is 3. The zero-order valence-corrected chi connectivity index (χ0v) is 13.2. The standard InChI is InChI=1S/C13H19ClN2O3S/c1-8(7-20(2)19)16-12(17)10(9-5-3-4-6-9)11(14)15-13(16)18/h8-9H,3-7H2,1-2H3,(H,15,18). The summed E-state index contributed by atoms with van der Waals surface area (Å²) in [5.41, 5.74) is -0.346. The smallest absolute Gasteiger partial charge is 0.297 e. The summed E-state index contributed by atoms with van der Waals surface area (Å²) in [5.74, 6) is 0.395. The second-order valence-corrected chi connectivity index (χ2v) is 7.26. The highest BCUT2D eigenvalue weighted by atomic mass is 35.5. The van der Waals surface area contributed by atoms with E-state index in [1.54, 1.807) is 13.2 Å². The minimum Gasteiger partial charge on any atom is -0.297 e. The maximum absolute atomic E-state index is 12.6. The van der Waals surface area contributed by atoms with Gasteiger partial charge in [0.1, 0.15) is 5.15 Å². The van der Waals surface area contributed by atoms with E-state index in [2.05, 4.69) is 4.98 Å². The molecule has 1 saturated carbocycles. The molecule has 0 amide bonds. The molecule has 1 aliphatic carbocycles. The van der Waals surface area contributed by atoms with Crippen molar-refractivity contribution in [2.75, 3.05) is 12.0 Å². The first-order valence-electron chi connectivity index (χ1n) is 6.76. The largest absolute Gasteiger partial charge is 0.329 e. The van der Waals surface area contributed by atoms with Crippen LogP contribution in [0.15, 0.2) is 9.59 Å². The molecular weight excluding hydrogens is 300 g/mol. The monoisotopic (exact) mass is 318 g/mol. The number of aromatic nitrogens is 2. The summed E-state index contributed by atoms with van der Waals surface area (Å²) in [4.78, 5) is 27.1. The fraction of sp³-hybridized carbons (Fsp3) is 0.692. The second kappa shape index (κ2) is 6.26. The van der Waals surface area contributed by atoms with Gasteiger partial charge < -0.3 is 0 Å². The molecule has 1 N–H and O–H groups in total. The number of aromatic amines is 1. The van der Waals surface area contributed by atoms with Crippen molar-refractivity contribution in [2.45, 2.75) is 44.6 Å². The number of nitrogens with one attached hydrogen (secondary N) is 1. The Morgan fingerprint density at radius 1 is 1.40 bits per heavy atom. The van der Waals surface area contributed by atoms with Crippen LogP contribution in [-0.4, -0.2) is 25.8 Å². The Morgan fingerprint density at radius 3 is 2.55 bits per heavy atom. The number of hydrogen-bond donors (Lipinski definition) is 1. The molecule has 0 bridgehead atoms. The van der Waals surface area contributed by atoms with Gasteiger partial charge in [-0.05, 0) is 25.7 Å². The fourth-order valence-corrected chi connectivity index (χ4v) is 4.06. The molecule has 20 heavy (non-hydrogen) atoms. The lowest BCUT2D eigenvalue weighted by molar-refractivity contribution is 0.533. The van der Waals surface area contributed by atoms with Gasteiger partial charge >= 0.3 is 5.69 Å². The summed E-state index contributed by atoms with van der Waals surface area (Å²) in [7, 11) is -1.07. The van der Waals surface area contributed by atoms with Crippen LogP contribution in [0.3, 0.4) is 0 Å². The molecule has 0 saturated heterocycles. The SMILES string of the molecule is CC(CS(C)=O)n1c(=O)[nH]c(Cl)c(C2CCCC2)c1=O. The average Bonchev–Trinajstić information content (AvgIpc) is 2.80. The average molecular weight is 319 g/mol. The Labute approximate surface area is 124 Å². The van der Waals surface area contributed by atoms with Crippen molar-refractivity contribution >= 4 is 22.4 Å². The van der Waals surface area contributed by atoms with E-state index >= 15 is 0 Å². The van der Waals surface area contributed by atoms with E-state index in [4.69, 9.17) is 11.6 Å². The Kier molecular flexibility index (Phi) is 4.86. The molecular formula is C13H19ClN2O3S. The molecule has 1 aromatic rings. The summed E-state index contributed by atoms with van der Waals surface area (Å²) < 4.78 is 12.5. The van der Waals surface area contributed by atoms with Gasteiger partial charge in [-0.3, -0.25) is 18.6 Å². The molecule has 0 aliphatic heterocycles. The first kappa shape index (κ1) is 15.5. The highest BCUT2D eigenvalue weighted by Gasteiger charge is 2.26. The topological polar surface area (TPSA) is 71.9 Å². The van der Waals surface area contributed by atoms with Crippen LogP contribution in [0.25, 0.3) is 0 Å². The summed E-state index contributed by atoms with van der Waals surface area (Å²) >= 11 is 6.07. The molecule has 5 nitrogen and oxygen atoms in total. The van der Waals surface area contributed by atoms with Crippen molar-refractivity contribution in [1.29, 1.82) is 0 Å². The molecule has 0 spiro atoms. The van der Waals surface area contributed by atoms with Crippen LogP contribution < -0.4 is 11.2 Å². The molecule has 0 aromatic carbocycles. The third-order valence-electron chi connectivity index (χ3n) is 3.80. The molecule has 2 atom stereocenters. The van der Waals surface area contributed by atoms with Crippen LogP contribution >= 0.6 is 11.6 Å². The fourth-order valence-electron chi connectivity index (χ4n) is 2.92. The van der Waals surface area contributed by atoms with E-state index in [1.165, 1.54) is 0 Å². The van der Waals surface area contributed by atoms with Gasteiger partial charge in [-0.2, -0.15) is 0 Å². The summed E-state index contributed by atoms with van der Waals surface area (Å²) in [6, 6.07) is -0.408. The summed E-state index contributed by atoms with van der Waals surface area (Å²) in [6.07, 6.45) is 5.57. The van der Waals surface area contributed by atoms with Crippen LogP contribution in [0.1, 0.15) is 50.1 Å². The van der Waals surface area contributed by atoms with E-state index in [1.807, 2.05) is 0 Å². The summed E-state index contributed by atoms with van der Waals surface area (Å²) in [5, 5.41) is 0.160. The van der Waals surface area contributed by atoms with E-state index in [-0.39, 0.29) is 22.4 Å². The Hall–Kier alpha value is -0.880. The van der Waals surface area contributed by atoms with Crippen molar-refractivity contribution < 1.29 is 4.21 Å². The lowest BCUT2D eigenvalue weighted by atomic mass is 10.0. The highest BCUT2D eigenvalue weighted by molar-refractivity contribution is 7.84. The van der Waals surface area contributed by atoms with Gasteiger partial charge in [-0.25, -0.2) is 4.79 Å². The molecule has 0 radical (unpaired) electrons. The third-order valence-corrected chi connectivity index (χ3v) is 5.05. The highest BCUT2D eigenvalue weighted by Crippen LogP contribution is 2.34. The van der Waals surface area contributed by atoms with E-state index in [0.29, 0.717) is 5.56 Å². The number of nitrogens with zero attached hydrogens (tertiary/aromatic N) is 1. The second-order valence-electron chi connectivity index (χ2n) is 5.40. The van der Waals surface area contributed by atoms with Gasteiger partial charge in [-0.15, -0.1) is 0 Å². The van der Waals surface area contributed by atoms with E-state index < -0.39 is 22.5 Å². The van der Waals surface area contributed by atoms with Crippen molar-refractivity contribution in [1.82, 2.24) is 9.55 Å². The molecule has 1 aliphatic rings. The molecule has 1 heterocycles. The normalized spacial score (nSPS) is 19.1. The van der Waals surface area contributed by atoms with E-state index in [9.17, 15) is 13.8 Å². The third kappa shape index (κ3) is 3.06. The van der Waals surface area contributed by atoms with Crippen molar-refractivity contribution in [3.63, 3.8) is 0 Å². The Morgan fingerprint density at radius 2 is 2.00 bits per heavy atom. The summed E-state index contributed by atoms with van der Waals surface area (Å²) in [6.45, 7) is 1.73. The van der Waals surface area contributed by atoms with Crippen molar-refractivity contribution in [2.24, 2.45) is 0 Å². The lowest BCUT2D eigenvalue weighted by Crippen LogP contribution is -2.41. The molecule has 1 aromatic heterocycles. The maximum Gasteiger partial charge on any atom is 0.329 e. The Balaban J connectivity index is 2.52. The van der Waals surface area contributed by atoms with Crippen LogP contribution in [0.2, 0.25) is 5.15 Å². The van der Waals surface area contributed by atoms with Crippen LogP contribution in [0.5, 0.6) is 0 Å². The van der Waals surface area contributed by atoms with Gasteiger partial charge in [0, 0.05) is 22.8 Å². The first-order valence-corrected chi connectivity index (χ1v) is 8.86. The predicted molar refractivity (Wildman–Crippen MR) is 81.2 cm³/mol. The van der Waals surface area contributed by atoms with Crippen LogP contribution in [-0.2, 0) is 10.8 Å². The van der Waals surface area contributed by atoms with Gasteiger partial charge in [0.05, 0.1) is 11.6 Å². The first-order chi connectivity index (χ1) is 9.41. The molecule has 2 rings (SSSR count). The lowest BCUT2D eigenvalue weighted by Gasteiger charge is -2.17. The molecule has 7 heteroatoms. The molecule has 112 valence electrons. The van der Waals surface area contributed by atoms with Gasteiger partial charge in [0.2, 0.25) is 0 Å². The van der Waals surface area contributed by atoms with Crippen LogP contribution in [0.4, 0.5) is 0 Å². The predicted octanol–water partition coefficient (Wildman–Crippen LogP) is 1.79. The Bertz CT molecular complexity index is 631. The van der Waals surface area contributed by atoms with Crippen LogP contribution in [0, 0.1) is 0 Å². The van der Waals surface area contributed by atoms with Crippen molar-refractivity contribution in [3.05, 3.63) is 31.6 Å². The zero-order valence-electron chi connectivity index (χ0n) is 11.6. The minimum absolute atomic E-state index is 0.123.